The summed E-state index contributed by atoms with van der Waals surface area (Å²) in [5, 5.41) is 12.4. The standard InChI is InChI=1S/C25H36N4O2/c1-17(2)26-16-21-11-13-22(14-12-21)29-24(30)19(5)28-25(31)23(27-18(3)4)15-20-9-7-6-8-10-20/h6-14,17-19,23,26-27H,15-16H2,1-5H3,(H,28,31)(H,29,30)/t19-,23-/m0/s1. The molecule has 0 saturated heterocycles. The van der Waals surface area contributed by atoms with Crippen molar-refractivity contribution < 1.29 is 9.59 Å². The van der Waals surface area contributed by atoms with Gasteiger partial charge >= 0.3 is 0 Å². The second-order valence-electron chi connectivity index (χ2n) is 8.52. The van der Waals surface area contributed by atoms with E-state index in [1.165, 1.54) is 0 Å². The number of rotatable bonds is 11. The average molecular weight is 425 g/mol. The molecule has 6 heteroatoms. The molecule has 6 nitrogen and oxygen atoms in total. The van der Waals surface area contributed by atoms with Crippen LogP contribution in [0.1, 0.15) is 45.7 Å². The molecule has 2 rings (SSSR count). The summed E-state index contributed by atoms with van der Waals surface area (Å²) in [6.07, 6.45) is 0.561. The Bertz CT molecular complexity index is 819. The van der Waals surface area contributed by atoms with Crippen LogP contribution in [0.4, 0.5) is 5.69 Å². The second-order valence-corrected chi connectivity index (χ2v) is 8.52. The summed E-state index contributed by atoms with van der Waals surface area (Å²) in [5.41, 5.74) is 2.93. The molecular formula is C25H36N4O2. The zero-order chi connectivity index (χ0) is 22.8. The van der Waals surface area contributed by atoms with Gasteiger partial charge in [0.05, 0.1) is 6.04 Å². The van der Waals surface area contributed by atoms with Crippen LogP contribution in [0.15, 0.2) is 54.6 Å². The predicted octanol–water partition coefficient (Wildman–Crippen LogP) is 3.24. The molecule has 4 N–H and O–H groups in total. The largest absolute Gasteiger partial charge is 0.343 e. The Labute approximate surface area is 186 Å². The summed E-state index contributed by atoms with van der Waals surface area (Å²) in [6, 6.07) is 17.1. The summed E-state index contributed by atoms with van der Waals surface area (Å²) in [4.78, 5) is 25.5. The first-order valence-corrected chi connectivity index (χ1v) is 11.0. The maximum Gasteiger partial charge on any atom is 0.246 e. The fourth-order valence-electron chi connectivity index (χ4n) is 3.14. The van der Waals surface area contributed by atoms with Crippen LogP contribution >= 0.6 is 0 Å². The van der Waals surface area contributed by atoms with E-state index < -0.39 is 12.1 Å². The van der Waals surface area contributed by atoms with Crippen molar-refractivity contribution in [1.29, 1.82) is 0 Å². The van der Waals surface area contributed by atoms with Crippen molar-refractivity contribution in [2.75, 3.05) is 5.32 Å². The van der Waals surface area contributed by atoms with Crippen LogP contribution in [0.2, 0.25) is 0 Å². The number of anilines is 1. The van der Waals surface area contributed by atoms with Gasteiger partial charge in [0.2, 0.25) is 11.8 Å². The van der Waals surface area contributed by atoms with Crippen molar-refractivity contribution in [3.05, 3.63) is 65.7 Å². The highest BCUT2D eigenvalue weighted by Crippen LogP contribution is 2.10. The Balaban J connectivity index is 1.92. The number of amides is 2. The van der Waals surface area contributed by atoms with Crippen molar-refractivity contribution in [2.45, 2.75) is 71.8 Å². The van der Waals surface area contributed by atoms with Gasteiger partial charge in [0.25, 0.3) is 0 Å². The average Bonchev–Trinajstić information content (AvgIpc) is 2.73. The normalized spacial score (nSPS) is 13.1. The monoisotopic (exact) mass is 424 g/mol. The van der Waals surface area contributed by atoms with E-state index in [0.29, 0.717) is 18.2 Å². The summed E-state index contributed by atoms with van der Waals surface area (Å²) in [5.74, 6) is -0.431. The minimum absolute atomic E-state index is 0.146. The molecule has 0 unspecified atom stereocenters. The van der Waals surface area contributed by atoms with Gasteiger partial charge in [0.15, 0.2) is 0 Å². The van der Waals surface area contributed by atoms with Gasteiger partial charge in [-0.3, -0.25) is 9.59 Å². The Morgan fingerprint density at radius 3 is 2.00 bits per heavy atom. The van der Waals surface area contributed by atoms with Crippen molar-refractivity contribution in [3.8, 4) is 0 Å². The maximum atomic E-state index is 12.9. The van der Waals surface area contributed by atoms with Gasteiger partial charge in [-0.15, -0.1) is 0 Å². The minimum Gasteiger partial charge on any atom is -0.343 e. The molecule has 31 heavy (non-hydrogen) atoms. The summed E-state index contributed by atoms with van der Waals surface area (Å²) in [6.45, 7) is 10.7. The lowest BCUT2D eigenvalue weighted by molar-refractivity contribution is -0.127. The molecule has 0 saturated carbocycles. The molecule has 0 aliphatic rings. The molecule has 2 aromatic carbocycles. The van der Waals surface area contributed by atoms with Gasteiger partial charge < -0.3 is 21.3 Å². The van der Waals surface area contributed by atoms with Crippen LogP contribution in [0, 0.1) is 0 Å². The quantitative estimate of drug-likeness (QED) is 0.446. The van der Waals surface area contributed by atoms with Gasteiger partial charge in [-0.2, -0.15) is 0 Å². The number of hydrogen-bond donors (Lipinski definition) is 4. The molecule has 168 valence electrons. The second kappa shape index (κ2) is 12.2. The van der Waals surface area contributed by atoms with E-state index in [1.807, 2.05) is 68.4 Å². The van der Waals surface area contributed by atoms with Gasteiger partial charge in [0, 0.05) is 24.3 Å². The molecule has 0 fully saturated rings. The van der Waals surface area contributed by atoms with E-state index in [1.54, 1.807) is 6.92 Å². The molecule has 2 amide bonds. The van der Waals surface area contributed by atoms with Gasteiger partial charge in [-0.25, -0.2) is 0 Å². The topological polar surface area (TPSA) is 82.3 Å². The third-order valence-electron chi connectivity index (χ3n) is 4.82. The van der Waals surface area contributed by atoms with Gasteiger partial charge in [0.1, 0.15) is 6.04 Å². The van der Waals surface area contributed by atoms with Crippen molar-refractivity contribution in [2.24, 2.45) is 0 Å². The van der Waals surface area contributed by atoms with E-state index in [2.05, 4.69) is 35.1 Å². The van der Waals surface area contributed by atoms with E-state index in [9.17, 15) is 9.59 Å². The smallest absolute Gasteiger partial charge is 0.246 e. The van der Waals surface area contributed by atoms with Crippen molar-refractivity contribution in [1.82, 2.24) is 16.0 Å². The van der Waals surface area contributed by atoms with E-state index in [0.717, 1.165) is 17.7 Å². The predicted molar refractivity (Wildman–Crippen MR) is 127 cm³/mol. The lowest BCUT2D eigenvalue weighted by Crippen LogP contribution is -2.52. The Kier molecular flexibility index (Phi) is 9.69. The van der Waals surface area contributed by atoms with Gasteiger partial charge in [-0.1, -0.05) is 70.2 Å². The lowest BCUT2D eigenvalue weighted by atomic mass is 10.0. The van der Waals surface area contributed by atoms with Crippen LogP contribution in [0.5, 0.6) is 0 Å². The number of hydrogen-bond acceptors (Lipinski definition) is 4. The molecule has 0 spiro atoms. The molecule has 0 aliphatic heterocycles. The first-order valence-electron chi connectivity index (χ1n) is 11.0. The fraction of sp³-hybridized carbons (Fsp3) is 0.440. The summed E-state index contributed by atoms with van der Waals surface area (Å²) < 4.78 is 0. The fourth-order valence-corrected chi connectivity index (χ4v) is 3.14. The van der Waals surface area contributed by atoms with Crippen LogP contribution in [0.3, 0.4) is 0 Å². The molecule has 0 bridgehead atoms. The summed E-state index contributed by atoms with van der Waals surface area (Å²) >= 11 is 0. The molecule has 2 aromatic rings. The maximum absolute atomic E-state index is 12.9. The molecule has 0 aromatic heterocycles. The van der Waals surface area contributed by atoms with Crippen molar-refractivity contribution in [3.63, 3.8) is 0 Å². The molecular weight excluding hydrogens is 388 g/mol. The highest BCUT2D eigenvalue weighted by molar-refractivity contribution is 5.97. The molecule has 2 atom stereocenters. The summed E-state index contributed by atoms with van der Waals surface area (Å²) in [7, 11) is 0. The van der Waals surface area contributed by atoms with Crippen LogP contribution in [-0.4, -0.2) is 36.0 Å². The highest BCUT2D eigenvalue weighted by atomic mass is 16.2. The third-order valence-corrected chi connectivity index (χ3v) is 4.82. The lowest BCUT2D eigenvalue weighted by Gasteiger charge is -2.23. The number of carbonyl (C=O) groups excluding carboxylic acids is 2. The number of nitrogens with one attached hydrogen (secondary N) is 4. The SMILES string of the molecule is CC(C)NCc1ccc(NC(=O)[C@H](C)NC(=O)[C@H](Cc2ccccc2)NC(C)C)cc1. The van der Waals surface area contributed by atoms with Gasteiger partial charge in [-0.05, 0) is 36.6 Å². The van der Waals surface area contributed by atoms with E-state index >= 15 is 0 Å². The minimum atomic E-state index is -0.651. The number of benzene rings is 2. The van der Waals surface area contributed by atoms with Crippen LogP contribution in [-0.2, 0) is 22.6 Å². The zero-order valence-electron chi connectivity index (χ0n) is 19.2. The first kappa shape index (κ1) is 24.6. The Morgan fingerprint density at radius 1 is 0.774 bits per heavy atom. The van der Waals surface area contributed by atoms with Crippen LogP contribution in [0.25, 0.3) is 0 Å². The first-order chi connectivity index (χ1) is 14.7. The Hall–Kier alpha value is -2.70. The van der Waals surface area contributed by atoms with E-state index in [4.69, 9.17) is 0 Å². The zero-order valence-corrected chi connectivity index (χ0v) is 19.2. The molecule has 0 radical (unpaired) electrons. The van der Waals surface area contributed by atoms with Crippen LogP contribution < -0.4 is 21.3 Å². The molecule has 0 aliphatic carbocycles. The van der Waals surface area contributed by atoms with Crippen molar-refractivity contribution >= 4 is 17.5 Å². The highest BCUT2D eigenvalue weighted by Gasteiger charge is 2.23. The Morgan fingerprint density at radius 2 is 1.42 bits per heavy atom. The number of carbonyl (C=O) groups is 2. The third kappa shape index (κ3) is 8.90. The molecule has 0 heterocycles. The van der Waals surface area contributed by atoms with E-state index in [-0.39, 0.29) is 17.9 Å².